The van der Waals surface area contributed by atoms with Gasteiger partial charge in [0.25, 0.3) is 0 Å². The first kappa shape index (κ1) is 13.2. The van der Waals surface area contributed by atoms with E-state index in [0.717, 1.165) is 11.7 Å². The standard InChI is InChI=1S/C13H20N4S/c1-9-4-3-5-10(6-9)17(2)12-8-15-11(7-16-12)13(14)18/h7-10H,3-6H2,1-2H3,(H2,14,18). The average Bonchev–Trinajstić information content (AvgIpc) is 2.38. The average molecular weight is 264 g/mol. The molecule has 0 aromatic carbocycles. The first-order valence-electron chi connectivity index (χ1n) is 6.42. The van der Waals surface area contributed by atoms with E-state index < -0.39 is 0 Å². The van der Waals surface area contributed by atoms with E-state index in [1.54, 1.807) is 12.4 Å². The maximum absolute atomic E-state index is 5.52. The Kier molecular flexibility index (Phi) is 4.11. The van der Waals surface area contributed by atoms with Crippen molar-refractivity contribution in [1.82, 2.24) is 9.97 Å². The second-order valence-electron chi connectivity index (χ2n) is 5.16. The van der Waals surface area contributed by atoms with Crippen molar-refractivity contribution in [3.63, 3.8) is 0 Å². The van der Waals surface area contributed by atoms with Crippen LogP contribution in [0.25, 0.3) is 0 Å². The van der Waals surface area contributed by atoms with Crippen LogP contribution < -0.4 is 10.6 Å². The zero-order valence-electron chi connectivity index (χ0n) is 11.0. The Morgan fingerprint density at radius 2 is 2.17 bits per heavy atom. The van der Waals surface area contributed by atoms with Gasteiger partial charge in [-0.25, -0.2) is 9.97 Å². The highest BCUT2D eigenvalue weighted by Crippen LogP contribution is 2.28. The lowest BCUT2D eigenvalue weighted by atomic mass is 9.86. The van der Waals surface area contributed by atoms with Gasteiger partial charge in [0, 0.05) is 13.1 Å². The summed E-state index contributed by atoms with van der Waals surface area (Å²) in [6.45, 7) is 2.32. The van der Waals surface area contributed by atoms with Crippen molar-refractivity contribution in [2.45, 2.75) is 38.6 Å². The third-order valence-electron chi connectivity index (χ3n) is 3.71. The summed E-state index contributed by atoms with van der Waals surface area (Å²) < 4.78 is 0. The van der Waals surface area contributed by atoms with Gasteiger partial charge in [0.05, 0.1) is 12.4 Å². The molecule has 0 aliphatic heterocycles. The molecule has 1 aromatic heterocycles. The Morgan fingerprint density at radius 3 is 2.72 bits per heavy atom. The van der Waals surface area contributed by atoms with E-state index >= 15 is 0 Å². The fourth-order valence-electron chi connectivity index (χ4n) is 2.57. The van der Waals surface area contributed by atoms with Crippen molar-refractivity contribution in [2.24, 2.45) is 11.7 Å². The van der Waals surface area contributed by atoms with Gasteiger partial charge in [0.2, 0.25) is 0 Å². The van der Waals surface area contributed by atoms with Crippen molar-refractivity contribution in [2.75, 3.05) is 11.9 Å². The molecule has 1 aromatic rings. The van der Waals surface area contributed by atoms with Crippen LogP contribution in [0.3, 0.4) is 0 Å². The van der Waals surface area contributed by atoms with Crippen LogP contribution in [0.15, 0.2) is 12.4 Å². The SMILES string of the molecule is CC1CCCC(N(C)c2cnc(C(N)=S)cn2)C1. The van der Waals surface area contributed by atoms with Crippen LogP contribution in [-0.2, 0) is 0 Å². The normalized spacial score (nSPS) is 23.7. The number of nitrogens with two attached hydrogens (primary N) is 1. The van der Waals surface area contributed by atoms with Crippen LogP contribution in [0.2, 0.25) is 0 Å². The minimum absolute atomic E-state index is 0.294. The predicted molar refractivity (Wildman–Crippen MR) is 77.7 cm³/mol. The minimum atomic E-state index is 0.294. The van der Waals surface area contributed by atoms with E-state index in [1.807, 2.05) is 0 Å². The second-order valence-corrected chi connectivity index (χ2v) is 5.60. The van der Waals surface area contributed by atoms with Crippen molar-refractivity contribution < 1.29 is 0 Å². The molecule has 0 saturated heterocycles. The first-order valence-corrected chi connectivity index (χ1v) is 6.83. The minimum Gasteiger partial charge on any atom is -0.388 e. The molecule has 1 saturated carbocycles. The molecule has 0 spiro atoms. The van der Waals surface area contributed by atoms with Gasteiger partial charge >= 0.3 is 0 Å². The Morgan fingerprint density at radius 1 is 1.39 bits per heavy atom. The summed E-state index contributed by atoms with van der Waals surface area (Å²) in [5.74, 6) is 1.70. The molecule has 1 heterocycles. The molecule has 2 atom stereocenters. The van der Waals surface area contributed by atoms with E-state index in [0.29, 0.717) is 16.7 Å². The Bertz CT molecular complexity index is 418. The predicted octanol–water partition coefficient (Wildman–Crippen LogP) is 2.13. The summed E-state index contributed by atoms with van der Waals surface area (Å²) in [7, 11) is 2.09. The molecule has 1 aliphatic rings. The van der Waals surface area contributed by atoms with Crippen LogP contribution in [0.4, 0.5) is 5.82 Å². The lowest BCUT2D eigenvalue weighted by Crippen LogP contribution is -2.36. The van der Waals surface area contributed by atoms with E-state index in [2.05, 4.69) is 28.8 Å². The number of anilines is 1. The lowest BCUT2D eigenvalue weighted by molar-refractivity contribution is 0.335. The number of hydrogen-bond acceptors (Lipinski definition) is 4. The van der Waals surface area contributed by atoms with Gasteiger partial charge in [-0.2, -0.15) is 0 Å². The van der Waals surface area contributed by atoms with Gasteiger partial charge in [-0.3, -0.25) is 0 Å². The van der Waals surface area contributed by atoms with Crippen LogP contribution in [-0.4, -0.2) is 28.0 Å². The molecule has 4 nitrogen and oxygen atoms in total. The molecule has 2 rings (SSSR count). The highest BCUT2D eigenvalue weighted by Gasteiger charge is 2.23. The summed E-state index contributed by atoms with van der Waals surface area (Å²) in [6.07, 6.45) is 8.52. The molecule has 0 amide bonds. The van der Waals surface area contributed by atoms with Gasteiger partial charge in [0.15, 0.2) is 0 Å². The van der Waals surface area contributed by atoms with E-state index in [4.69, 9.17) is 18.0 Å². The monoisotopic (exact) mass is 264 g/mol. The fraction of sp³-hybridized carbons (Fsp3) is 0.615. The smallest absolute Gasteiger partial charge is 0.147 e. The zero-order valence-corrected chi connectivity index (χ0v) is 11.8. The zero-order chi connectivity index (χ0) is 13.1. The largest absolute Gasteiger partial charge is 0.388 e. The fourth-order valence-corrected chi connectivity index (χ4v) is 2.68. The van der Waals surface area contributed by atoms with Gasteiger partial charge in [0.1, 0.15) is 16.5 Å². The topological polar surface area (TPSA) is 55.0 Å². The molecule has 5 heteroatoms. The molecule has 2 N–H and O–H groups in total. The van der Waals surface area contributed by atoms with Crippen LogP contribution >= 0.6 is 12.2 Å². The van der Waals surface area contributed by atoms with Crippen molar-refractivity contribution in [3.8, 4) is 0 Å². The molecule has 0 bridgehead atoms. The summed E-state index contributed by atoms with van der Waals surface area (Å²) in [6, 6.07) is 0.568. The van der Waals surface area contributed by atoms with Crippen molar-refractivity contribution in [1.29, 1.82) is 0 Å². The molecular weight excluding hydrogens is 244 g/mol. The molecule has 1 fully saturated rings. The van der Waals surface area contributed by atoms with Gasteiger partial charge in [-0.05, 0) is 18.8 Å². The van der Waals surface area contributed by atoms with Gasteiger partial charge in [-0.15, -0.1) is 0 Å². The second kappa shape index (κ2) is 5.61. The molecule has 98 valence electrons. The summed E-state index contributed by atoms with van der Waals surface area (Å²) in [5.41, 5.74) is 6.10. The highest BCUT2D eigenvalue weighted by atomic mass is 32.1. The van der Waals surface area contributed by atoms with Crippen molar-refractivity contribution >= 4 is 23.0 Å². The number of nitrogens with zero attached hydrogens (tertiary/aromatic N) is 3. The van der Waals surface area contributed by atoms with Crippen LogP contribution in [0.5, 0.6) is 0 Å². The maximum Gasteiger partial charge on any atom is 0.147 e. The van der Waals surface area contributed by atoms with Crippen molar-refractivity contribution in [3.05, 3.63) is 18.1 Å². The maximum atomic E-state index is 5.52. The number of aromatic nitrogens is 2. The van der Waals surface area contributed by atoms with Gasteiger partial charge in [-0.1, -0.05) is 32.0 Å². The van der Waals surface area contributed by atoms with E-state index in [-0.39, 0.29) is 0 Å². The lowest BCUT2D eigenvalue weighted by Gasteiger charge is -2.34. The van der Waals surface area contributed by atoms with E-state index in [1.165, 1.54) is 25.7 Å². The van der Waals surface area contributed by atoms with Crippen LogP contribution in [0.1, 0.15) is 38.3 Å². The summed E-state index contributed by atoms with van der Waals surface area (Å²) in [5, 5.41) is 0. The highest BCUT2D eigenvalue weighted by molar-refractivity contribution is 7.80. The first-order chi connectivity index (χ1) is 8.58. The summed E-state index contributed by atoms with van der Waals surface area (Å²) >= 11 is 4.87. The number of hydrogen-bond donors (Lipinski definition) is 1. The Labute approximate surface area is 114 Å². The molecule has 1 aliphatic carbocycles. The number of thiocarbonyl (C=S) groups is 1. The van der Waals surface area contributed by atoms with Crippen LogP contribution in [0, 0.1) is 5.92 Å². The third-order valence-corrected chi connectivity index (χ3v) is 3.92. The molecule has 18 heavy (non-hydrogen) atoms. The molecule has 0 radical (unpaired) electrons. The molecule has 2 unspecified atom stereocenters. The van der Waals surface area contributed by atoms with E-state index in [9.17, 15) is 0 Å². The third kappa shape index (κ3) is 2.96. The quantitative estimate of drug-likeness (QED) is 0.848. The molecular formula is C13H20N4S. The Balaban J connectivity index is 2.08. The Hall–Kier alpha value is -1.23. The van der Waals surface area contributed by atoms with Gasteiger partial charge < -0.3 is 10.6 Å². The summed E-state index contributed by atoms with van der Waals surface area (Å²) in [4.78, 5) is 11.2. The number of rotatable bonds is 3.